The molecule has 8 heteroatoms. The van der Waals surface area contributed by atoms with Crippen molar-refractivity contribution in [3.8, 4) is 0 Å². The SMILES string of the molecule is O=S(=O)(c1cnc(Cl)nc1)N1CCSc2ccccc21. The van der Waals surface area contributed by atoms with Crippen LogP contribution in [0.4, 0.5) is 5.69 Å². The summed E-state index contributed by atoms with van der Waals surface area (Å²) in [5.74, 6) is 0.713. The molecule has 0 fully saturated rings. The number of thioether (sulfide) groups is 1. The van der Waals surface area contributed by atoms with Crippen LogP contribution in [0.3, 0.4) is 0 Å². The van der Waals surface area contributed by atoms with E-state index in [9.17, 15) is 8.42 Å². The molecule has 5 nitrogen and oxygen atoms in total. The summed E-state index contributed by atoms with van der Waals surface area (Å²) >= 11 is 7.24. The molecule has 2 aromatic rings. The zero-order valence-corrected chi connectivity index (χ0v) is 12.6. The number of hydrogen-bond acceptors (Lipinski definition) is 5. The largest absolute Gasteiger partial charge is 0.267 e. The van der Waals surface area contributed by atoms with Crippen LogP contribution in [-0.4, -0.2) is 30.7 Å². The fraction of sp³-hybridized carbons (Fsp3) is 0.167. The highest BCUT2D eigenvalue weighted by atomic mass is 35.5. The molecule has 3 rings (SSSR count). The van der Waals surface area contributed by atoms with Gasteiger partial charge in [0.15, 0.2) is 0 Å². The fourth-order valence-electron chi connectivity index (χ4n) is 1.95. The lowest BCUT2D eigenvalue weighted by Gasteiger charge is -2.29. The van der Waals surface area contributed by atoms with E-state index in [0.717, 1.165) is 4.90 Å². The Morgan fingerprint density at radius 3 is 2.65 bits per heavy atom. The van der Waals surface area contributed by atoms with E-state index in [-0.39, 0.29) is 10.2 Å². The number of hydrogen-bond donors (Lipinski definition) is 0. The summed E-state index contributed by atoms with van der Waals surface area (Å²) in [4.78, 5) is 8.48. The lowest BCUT2D eigenvalue weighted by molar-refractivity contribution is 0.590. The highest BCUT2D eigenvalue weighted by Gasteiger charge is 2.29. The molecule has 104 valence electrons. The first-order valence-corrected chi connectivity index (χ1v) is 8.61. The maximum atomic E-state index is 12.7. The summed E-state index contributed by atoms with van der Waals surface area (Å²) in [7, 11) is -3.66. The molecular formula is C12H10ClN3O2S2. The zero-order valence-electron chi connectivity index (χ0n) is 10.2. The number of halogens is 1. The van der Waals surface area contributed by atoms with Crippen LogP contribution >= 0.6 is 23.4 Å². The van der Waals surface area contributed by atoms with Crippen molar-refractivity contribution in [1.29, 1.82) is 0 Å². The quantitative estimate of drug-likeness (QED) is 0.793. The van der Waals surface area contributed by atoms with E-state index >= 15 is 0 Å². The number of fused-ring (bicyclic) bond motifs is 1. The van der Waals surface area contributed by atoms with Crippen LogP contribution in [0.5, 0.6) is 0 Å². The van der Waals surface area contributed by atoms with E-state index < -0.39 is 10.0 Å². The molecule has 1 aliphatic heterocycles. The second-order valence-electron chi connectivity index (χ2n) is 4.08. The van der Waals surface area contributed by atoms with Crippen molar-refractivity contribution in [2.45, 2.75) is 9.79 Å². The van der Waals surface area contributed by atoms with Gasteiger partial charge in [-0.3, -0.25) is 4.31 Å². The lowest BCUT2D eigenvalue weighted by atomic mass is 10.3. The second-order valence-corrected chi connectivity index (χ2v) is 7.42. The first kappa shape index (κ1) is 13.7. The van der Waals surface area contributed by atoms with Gasteiger partial charge in [0.05, 0.1) is 18.1 Å². The Morgan fingerprint density at radius 2 is 1.90 bits per heavy atom. The molecule has 0 aliphatic carbocycles. The fourth-order valence-corrected chi connectivity index (χ4v) is 4.60. The van der Waals surface area contributed by atoms with Crippen LogP contribution in [-0.2, 0) is 10.0 Å². The first-order valence-electron chi connectivity index (χ1n) is 5.81. The maximum absolute atomic E-state index is 12.7. The minimum Gasteiger partial charge on any atom is -0.264 e. The Kier molecular flexibility index (Phi) is 3.57. The van der Waals surface area contributed by atoms with Gasteiger partial charge >= 0.3 is 0 Å². The highest BCUT2D eigenvalue weighted by Crippen LogP contribution is 2.37. The Morgan fingerprint density at radius 1 is 1.20 bits per heavy atom. The third kappa shape index (κ3) is 2.36. The highest BCUT2D eigenvalue weighted by molar-refractivity contribution is 8.00. The van der Waals surface area contributed by atoms with Crippen LogP contribution in [0.1, 0.15) is 0 Å². The number of rotatable bonds is 2. The van der Waals surface area contributed by atoms with Crippen LogP contribution in [0.25, 0.3) is 0 Å². The first-order chi connectivity index (χ1) is 9.59. The molecule has 0 N–H and O–H groups in total. The molecule has 0 spiro atoms. The van der Waals surface area contributed by atoms with Gasteiger partial charge in [-0.25, -0.2) is 18.4 Å². The number of benzene rings is 1. The average Bonchev–Trinajstić information content (AvgIpc) is 2.47. The van der Waals surface area contributed by atoms with Crippen molar-refractivity contribution in [3.05, 3.63) is 41.9 Å². The van der Waals surface area contributed by atoms with Gasteiger partial charge in [0, 0.05) is 17.2 Å². The summed E-state index contributed by atoms with van der Waals surface area (Å²) < 4.78 is 26.7. The van der Waals surface area contributed by atoms with Crippen LogP contribution in [0, 0.1) is 0 Å². The topological polar surface area (TPSA) is 63.2 Å². The van der Waals surface area contributed by atoms with Gasteiger partial charge in [-0.05, 0) is 23.7 Å². The van der Waals surface area contributed by atoms with E-state index in [4.69, 9.17) is 11.6 Å². The number of aromatic nitrogens is 2. The summed E-state index contributed by atoms with van der Waals surface area (Å²) in [5.41, 5.74) is 0.693. The van der Waals surface area contributed by atoms with Gasteiger partial charge < -0.3 is 0 Å². The predicted molar refractivity (Wildman–Crippen MR) is 78.7 cm³/mol. The molecule has 0 saturated carbocycles. The predicted octanol–water partition coefficient (Wildman–Crippen LogP) is 2.43. The Hall–Kier alpha value is -1.31. The van der Waals surface area contributed by atoms with Gasteiger partial charge in [-0.1, -0.05) is 12.1 Å². The lowest BCUT2D eigenvalue weighted by Crippen LogP contribution is -2.35. The molecule has 1 aliphatic rings. The van der Waals surface area contributed by atoms with E-state index in [1.54, 1.807) is 17.8 Å². The van der Waals surface area contributed by atoms with Gasteiger partial charge in [0.25, 0.3) is 10.0 Å². The normalized spacial score (nSPS) is 14.9. The van der Waals surface area contributed by atoms with Gasteiger partial charge in [0.1, 0.15) is 4.90 Å². The molecule has 0 atom stereocenters. The van der Waals surface area contributed by atoms with Crippen LogP contribution in [0.2, 0.25) is 5.28 Å². The number of nitrogens with zero attached hydrogens (tertiary/aromatic N) is 3. The van der Waals surface area contributed by atoms with Crippen molar-refractivity contribution in [1.82, 2.24) is 9.97 Å². The van der Waals surface area contributed by atoms with Crippen molar-refractivity contribution < 1.29 is 8.42 Å². The molecule has 0 amide bonds. The number of para-hydroxylation sites is 1. The Balaban J connectivity index is 2.07. The minimum absolute atomic E-state index is 0.0264. The molecule has 2 heterocycles. The van der Waals surface area contributed by atoms with Gasteiger partial charge in [0.2, 0.25) is 5.28 Å². The van der Waals surface area contributed by atoms with Gasteiger partial charge in [-0.15, -0.1) is 11.8 Å². The maximum Gasteiger partial charge on any atom is 0.267 e. The molecule has 1 aromatic heterocycles. The van der Waals surface area contributed by atoms with E-state index in [1.807, 2.05) is 18.2 Å². The molecule has 20 heavy (non-hydrogen) atoms. The molecule has 0 radical (unpaired) electrons. The standard InChI is InChI=1S/C12H10ClN3O2S2/c13-12-14-7-9(8-15-12)20(17,18)16-5-6-19-11-4-2-1-3-10(11)16/h1-4,7-8H,5-6H2. The summed E-state index contributed by atoms with van der Waals surface area (Å²) in [5, 5.41) is 0.0264. The third-order valence-electron chi connectivity index (χ3n) is 2.87. The van der Waals surface area contributed by atoms with Crippen molar-refractivity contribution in [3.63, 3.8) is 0 Å². The van der Waals surface area contributed by atoms with Gasteiger partial charge in [-0.2, -0.15) is 0 Å². The molecule has 0 saturated heterocycles. The second kappa shape index (κ2) is 5.23. The zero-order chi connectivity index (χ0) is 14.2. The Bertz CT molecular complexity index is 735. The summed E-state index contributed by atoms with van der Waals surface area (Å²) in [6, 6.07) is 7.44. The van der Waals surface area contributed by atoms with Crippen molar-refractivity contribution >= 4 is 39.1 Å². The van der Waals surface area contributed by atoms with E-state index in [2.05, 4.69) is 9.97 Å². The van der Waals surface area contributed by atoms with Crippen LogP contribution in [0.15, 0.2) is 46.5 Å². The molecule has 0 bridgehead atoms. The number of anilines is 1. The van der Waals surface area contributed by atoms with Crippen LogP contribution < -0.4 is 4.31 Å². The minimum atomic E-state index is -3.66. The summed E-state index contributed by atoms with van der Waals surface area (Å²) in [6.45, 7) is 0.423. The monoisotopic (exact) mass is 327 g/mol. The van der Waals surface area contributed by atoms with Crippen molar-refractivity contribution in [2.24, 2.45) is 0 Å². The smallest absolute Gasteiger partial charge is 0.264 e. The molecule has 0 unspecified atom stereocenters. The number of sulfonamides is 1. The average molecular weight is 328 g/mol. The third-order valence-corrected chi connectivity index (χ3v) is 5.87. The molecular weight excluding hydrogens is 318 g/mol. The Labute approximate surface area is 126 Å². The summed E-state index contributed by atoms with van der Waals surface area (Å²) in [6.07, 6.45) is 2.46. The van der Waals surface area contributed by atoms with E-state index in [1.165, 1.54) is 16.7 Å². The van der Waals surface area contributed by atoms with Crippen molar-refractivity contribution in [2.75, 3.05) is 16.6 Å². The molecule has 1 aromatic carbocycles. The van der Waals surface area contributed by atoms with E-state index in [0.29, 0.717) is 18.0 Å².